The van der Waals surface area contributed by atoms with E-state index in [1.54, 1.807) is 13.8 Å². The highest BCUT2D eigenvalue weighted by Gasteiger charge is 2.17. The van der Waals surface area contributed by atoms with E-state index in [1.165, 1.54) is 12.1 Å². The predicted octanol–water partition coefficient (Wildman–Crippen LogP) is 2.14. The van der Waals surface area contributed by atoms with Crippen molar-refractivity contribution in [3.63, 3.8) is 0 Å². The Hall–Kier alpha value is -1.27. The molecule has 1 amide bonds. The first-order chi connectivity index (χ1) is 9.27. The summed E-state index contributed by atoms with van der Waals surface area (Å²) in [6.45, 7) is 5.83. The van der Waals surface area contributed by atoms with E-state index < -0.39 is 9.05 Å². The molecular weight excluding hydrogens is 302 g/mol. The summed E-state index contributed by atoms with van der Waals surface area (Å²) in [5, 5.41) is 2.69. The number of amides is 1. The molecule has 0 heterocycles. The molecule has 0 fully saturated rings. The molecule has 0 aromatic heterocycles. The number of halogens is 1. The smallest absolute Gasteiger partial charge is 0.261 e. The number of carbonyl (C=O) groups is 1. The summed E-state index contributed by atoms with van der Waals surface area (Å²) in [6, 6.07) is 2.88. The van der Waals surface area contributed by atoms with Crippen molar-refractivity contribution in [1.29, 1.82) is 0 Å². The molecule has 1 N–H and O–H groups in total. The van der Waals surface area contributed by atoms with Gasteiger partial charge in [0, 0.05) is 17.2 Å². The van der Waals surface area contributed by atoms with Crippen LogP contribution >= 0.6 is 10.7 Å². The van der Waals surface area contributed by atoms with E-state index in [2.05, 4.69) is 5.32 Å². The predicted molar refractivity (Wildman–Crippen MR) is 77.8 cm³/mol. The first-order valence-electron chi connectivity index (χ1n) is 6.21. The first-order valence-corrected chi connectivity index (χ1v) is 8.52. The lowest BCUT2D eigenvalue weighted by Crippen LogP contribution is -2.29. The number of carbonyl (C=O) groups excluding carboxylic acids is 1. The van der Waals surface area contributed by atoms with Gasteiger partial charge in [-0.1, -0.05) is 6.92 Å². The van der Waals surface area contributed by atoms with Crippen molar-refractivity contribution in [2.24, 2.45) is 0 Å². The van der Waals surface area contributed by atoms with Crippen molar-refractivity contribution in [1.82, 2.24) is 5.32 Å². The third-order valence-electron chi connectivity index (χ3n) is 2.88. The van der Waals surface area contributed by atoms with Gasteiger partial charge < -0.3 is 10.1 Å². The van der Waals surface area contributed by atoms with Gasteiger partial charge in [0.1, 0.15) is 5.75 Å². The van der Waals surface area contributed by atoms with Crippen molar-refractivity contribution in [2.75, 3.05) is 13.2 Å². The highest BCUT2D eigenvalue weighted by atomic mass is 35.7. The Balaban J connectivity index is 2.84. The van der Waals surface area contributed by atoms with Crippen LogP contribution < -0.4 is 10.1 Å². The monoisotopic (exact) mass is 319 g/mol. The molecule has 0 saturated carbocycles. The normalized spacial score (nSPS) is 11.2. The van der Waals surface area contributed by atoms with Crippen LogP contribution in [0.3, 0.4) is 0 Å². The van der Waals surface area contributed by atoms with Gasteiger partial charge in [-0.05, 0) is 43.5 Å². The maximum absolute atomic E-state index is 11.4. The van der Waals surface area contributed by atoms with Crippen LogP contribution in [0.15, 0.2) is 17.0 Å². The Bertz CT molecular complexity index is 599. The van der Waals surface area contributed by atoms with Gasteiger partial charge in [0.2, 0.25) is 0 Å². The zero-order valence-corrected chi connectivity index (χ0v) is 13.3. The molecule has 1 aromatic rings. The van der Waals surface area contributed by atoms with Gasteiger partial charge in [-0.15, -0.1) is 0 Å². The molecule has 0 unspecified atom stereocenters. The molecular formula is C13H18ClNO4S. The van der Waals surface area contributed by atoms with Crippen molar-refractivity contribution >= 4 is 25.6 Å². The van der Waals surface area contributed by atoms with Crippen LogP contribution in [0.4, 0.5) is 0 Å². The summed E-state index contributed by atoms with van der Waals surface area (Å²) in [4.78, 5) is 11.5. The van der Waals surface area contributed by atoms with Crippen LogP contribution in [0, 0.1) is 13.8 Å². The largest absolute Gasteiger partial charge is 0.483 e. The van der Waals surface area contributed by atoms with Crippen molar-refractivity contribution in [3.8, 4) is 5.75 Å². The summed E-state index contributed by atoms with van der Waals surface area (Å²) in [5.41, 5.74) is 1.17. The molecule has 112 valence electrons. The Kier molecular flexibility index (Phi) is 5.83. The molecule has 5 nitrogen and oxygen atoms in total. The highest BCUT2D eigenvalue weighted by molar-refractivity contribution is 8.13. The van der Waals surface area contributed by atoms with E-state index in [0.717, 1.165) is 6.42 Å². The highest BCUT2D eigenvalue weighted by Crippen LogP contribution is 2.28. The van der Waals surface area contributed by atoms with Crippen LogP contribution in [0.2, 0.25) is 0 Å². The van der Waals surface area contributed by atoms with Gasteiger partial charge in [0.25, 0.3) is 15.0 Å². The van der Waals surface area contributed by atoms with E-state index in [9.17, 15) is 13.2 Å². The average Bonchev–Trinajstić information content (AvgIpc) is 2.36. The lowest BCUT2D eigenvalue weighted by Gasteiger charge is -2.13. The number of benzene rings is 1. The minimum absolute atomic E-state index is 0.0550. The van der Waals surface area contributed by atoms with Crippen LogP contribution in [0.25, 0.3) is 0 Å². The van der Waals surface area contributed by atoms with E-state index in [0.29, 0.717) is 23.4 Å². The fourth-order valence-electron chi connectivity index (χ4n) is 1.65. The van der Waals surface area contributed by atoms with Gasteiger partial charge in [-0.25, -0.2) is 8.42 Å². The minimum atomic E-state index is -3.78. The van der Waals surface area contributed by atoms with Crippen molar-refractivity contribution in [2.45, 2.75) is 32.1 Å². The molecule has 1 aromatic carbocycles. The maximum Gasteiger partial charge on any atom is 0.261 e. The second kappa shape index (κ2) is 6.95. The minimum Gasteiger partial charge on any atom is -0.483 e. The SMILES string of the molecule is CCCNC(=O)COc1ccc(S(=O)(=O)Cl)c(C)c1C. The Morgan fingerprint density at radius 2 is 1.95 bits per heavy atom. The number of hydrogen-bond acceptors (Lipinski definition) is 4. The van der Waals surface area contributed by atoms with E-state index in [1.807, 2.05) is 6.92 Å². The fourth-order valence-corrected chi connectivity index (χ4v) is 2.90. The number of nitrogens with one attached hydrogen (secondary N) is 1. The van der Waals surface area contributed by atoms with Crippen molar-refractivity contribution < 1.29 is 17.9 Å². The first kappa shape index (κ1) is 16.8. The summed E-state index contributed by atoms with van der Waals surface area (Å²) in [5.74, 6) is 0.260. The van der Waals surface area contributed by atoms with E-state index in [-0.39, 0.29) is 17.4 Å². The lowest BCUT2D eigenvalue weighted by atomic mass is 10.1. The van der Waals surface area contributed by atoms with Gasteiger partial charge in [-0.3, -0.25) is 4.79 Å². The molecule has 20 heavy (non-hydrogen) atoms. The van der Waals surface area contributed by atoms with Crippen LogP contribution in [-0.2, 0) is 13.8 Å². The second-order valence-corrected chi connectivity index (χ2v) is 6.92. The summed E-state index contributed by atoms with van der Waals surface area (Å²) in [7, 11) is 1.56. The number of hydrogen-bond donors (Lipinski definition) is 1. The molecule has 1 rings (SSSR count). The summed E-state index contributed by atoms with van der Waals surface area (Å²) in [6.07, 6.45) is 0.853. The quantitative estimate of drug-likeness (QED) is 0.815. The number of ether oxygens (including phenoxy) is 1. The summed E-state index contributed by atoms with van der Waals surface area (Å²) < 4.78 is 28.1. The summed E-state index contributed by atoms with van der Waals surface area (Å²) >= 11 is 0. The molecule has 0 radical (unpaired) electrons. The zero-order chi connectivity index (χ0) is 15.3. The third kappa shape index (κ3) is 4.38. The van der Waals surface area contributed by atoms with Gasteiger partial charge in [0.15, 0.2) is 6.61 Å². The maximum atomic E-state index is 11.4. The Labute approximate surface area is 123 Å². The average molecular weight is 320 g/mol. The fraction of sp³-hybridized carbons (Fsp3) is 0.462. The third-order valence-corrected chi connectivity index (χ3v) is 4.35. The molecule has 0 spiro atoms. The molecule has 0 saturated heterocycles. The van der Waals surface area contributed by atoms with Gasteiger partial charge in [-0.2, -0.15) is 0 Å². The zero-order valence-electron chi connectivity index (χ0n) is 11.7. The van der Waals surface area contributed by atoms with E-state index in [4.69, 9.17) is 15.4 Å². The topological polar surface area (TPSA) is 72.5 Å². The molecule has 0 aliphatic carbocycles. The molecule has 7 heteroatoms. The Morgan fingerprint density at radius 1 is 1.30 bits per heavy atom. The van der Waals surface area contributed by atoms with E-state index >= 15 is 0 Å². The Morgan fingerprint density at radius 3 is 2.50 bits per heavy atom. The van der Waals surface area contributed by atoms with Gasteiger partial charge >= 0.3 is 0 Å². The van der Waals surface area contributed by atoms with Crippen LogP contribution in [-0.4, -0.2) is 27.5 Å². The van der Waals surface area contributed by atoms with Crippen molar-refractivity contribution in [3.05, 3.63) is 23.3 Å². The van der Waals surface area contributed by atoms with Crippen LogP contribution in [0.1, 0.15) is 24.5 Å². The van der Waals surface area contributed by atoms with Crippen LogP contribution in [0.5, 0.6) is 5.75 Å². The van der Waals surface area contributed by atoms with Gasteiger partial charge in [0.05, 0.1) is 4.90 Å². The second-order valence-electron chi connectivity index (χ2n) is 4.39. The molecule has 0 aliphatic heterocycles. The lowest BCUT2D eigenvalue weighted by molar-refractivity contribution is -0.123. The molecule has 0 aliphatic rings. The molecule has 0 bridgehead atoms. The molecule has 0 atom stereocenters. The standard InChI is InChI=1S/C13H18ClNO4S/c1-4-7-15-13(16)8-19-11-5-6-12(20(14,17)18)10(3)9(11)2/h5-6H,4,7-8H2,1-3H3,(H,15,16). The number of rotatable bonds is 6.